The first-order chi connectivity index (χ1) is 7.70. The highest BCUT2D eigenvalue weighted by Crippen LogP contribution is 2.23. The number of nitrogens with two attached hydrogens (primary N) is 1. The fraction of sp³-hybridized carbons (Fsp3) is 0.333. The van der Waals surface area contributed by atoms with Crippen LogP contribution in [0.3, 0.4) is 0 Å². The highest BCUT2D eigenvalue weighted by atomic mass is 15.3. The van der Waals surface area contributed by atoms with Gasteiger partial charge in [-0.15, -0.1) is 0 Å². The van der Waals surface area contributed by atoms with E-state index in [2.05, 4.69) is 17.0 Å². The predicted octanol–water partition coefficient (Wildman–Crippen LogP) is 2.25. The molecule has 4 nitrogen and oxygen atoms in total. The van der Waals surface area contributed by atoms with Crippen molar-refractivity contribution in [2.24, 2.45) is 0 Å². The van der Waals surface area contributed by atoms with Crippen LogP contribution in [0.25, 0.3) is 11.3 Å². The number of hydrogen-bond donors (Lipinski definition) is 1. The molecule has 0 atom stereocenters. The van der Waals surface area contributed by atoms with Gasteiger partial charge in [-0.1, -0.05) is 6.92 Å². The SMILES string of the molecule is CCCn1cc(-c2ncc(C)cc2N)cn1. The van der Waals surface area contributed by atoms with Gasteiger partial charge in [0, 0.05) is 24.5 Å². The number of aryl methyl sites for hydroxylation is 2. The Bertz CT molecular complexity index is 488. The Labute approximate surface area is 95.1 Å². The lowest BCUT2D eigenvalue weighted by Gasteiger charge is -2.02. The predicted molar refractivity (Wildman–Crippen MR) is 64.9 cm³/mol. The molecule has 2 heterocycles. The van der Waals surface area contributed by atoms with Gasteiger partial charge in [-0.05, 0) is 25.0 Å². The summed E-state index contributed by atoms with van der Waals surface area (Å²) < 4.78 is 1.91. The van der Waals surface area contributed by atoms with Crippen molar-refractivity contribution in [1.29, 1.82) is 0 Å². The molecule has 4 heteroatoms. The quantitative estimate of drug-likeness (QED) is 0.856. The Morgan fingerprint density at radius 1 is 1.38 bits per heavy atom. The number of hydrogen-bond acceptors (Lipinski definition) is 3. The van der Waals surface area contributed by atoms with Gasteiger partial charge in [0.2, 0.25) is 0 Å². The molecule has 0 bridgehead atoms. The smallest absolute Gasteiger partial charge is 0.0962 e. The zero-order valence-electron chi connectivity index (χ0n) is 9.64. The molecule has 0 aromatic carbocycles. The molecule has 84 valence electrons. The summed E-state index contributed by atoms with van der Waals surface area (Å²) in [7, 11) is 0. The van der Waals surface area contributed by atoms with Crippen LogP contribution >= 0.6 is 0 Å². The fourth-order valence-electron chi connectivity index (χ4n) is 1.67. The Balaban J connectivity index is 2.35. The molecule has 16 heavy (non-hydrogen) atoms. The Kier molecular flexibility index (Phi) is 2.90. The first kappa shape index (κ1) is 10.7. The fourth-order valence-corrected chi connectivity index (χ4v) is 1.67. The summed E-state index contributed by atoms with van der Waals surface area (Å²) in [6, 6.07) is 1.93. The topological polar surface area (TPSA) is 56.7 Å². The van der Waals surface area contributed by atoms with E-state index in [4.69, 9.17) is 5.73 Å². The Morgan fingerprint density at radius 3 is 2.88 bits per heavy atom. The van der Waals surface area contributed by atoms with Crippen molar-refractivity contribution in [3.05, 3.63) is 30.2 Å². The van der Waals surface area contributed by atoms with E-state index >= 15 is 0 Å². The lowest BCUT2D eigenvalue weighted by atomic mass is 10.1. The average molecular weight is 216 g/mol. The van der Waals surface area contributed by atoms with Gasteiger partial charge >= 0.3 is 0 Å². The van der Waals surface area contributed by atoms with Gasteiger partial charge in [-0.3, -0.25) is 9.67 Å². The summed E-state index contributed by atoms with van der Waals surface area (Å²) in [6.45, 7) is 5.03. The standard InChI is InChI=1S/C12H16N4/c1-3-4-16-8-10(7-15-16)12-11(13)5-9(2)6-14-12/h5-8H,3-4,13H2,1-2H3. The molecule has 2 N–H and O–H groups in total. The molecular weight excluding hydrogens is 200 g/mol. The third-order valence-electron chi connectivity index (χ3n) is 2.41. The molecule has 0 aliphatic carbocycles. The molecule has 0 unspecified atom stereocenters. The summed E-state index contributed by atoms with van der Waals surface area (Å²) in [5.41, 5.74) is 9.50. The number of pyridine rings is 1. The molecule has 0 saturated heterocycles. The van der Waals surface area contributed by atoms with Crippen LogP contribution in [-0.4, -0.2) is 14.8 Å². The first-order valence-corrected chi connectivity index (χ1v) is 5.45. The molecule has 0 aliphatic rings. The molecule has 0 aliphatic heterocycles. The van der Waals surface area contributed by atoms with E-state index in [0.29, 0.717) is 5.69 Å². The summed E-state index contributed by atoms with van der Waals surface area (Å²) in [5, 5.41) is 4.27. The van der Waals surface area contributed by atoms with Gasteiger partial charge < -0.3 is 5.73 Å². The van der Waals surface area contributed by atoms with E-state index in [-0.39, 0.29) is 0 Å². The van der Waals surface area contributed by atoms with Crippen molar-refractivity contribution in [2.45, 2.75) is 26.8 Å². The monoisotopic (exact) mass is 216 g/mol. The molecular formula is C12H16N4. The summed E-state index contributed by atoms with van der Waals surface area (Å²) in [5.74, 6) is 0. The lowest BCUT2D eigenvalue weighted by molar-refractivity contribution is 0.603. The van der Waals surface area contributed by atoms with Crippen LogP contribution in [0.2, 0.25) is 0 Å². The number of anilines is 1. The second-order valence-corrected chi connectivity index (χ2v) is 3.94. The number of nitrogen functional groups attached to an aromatic ring is 1. The minimum atomic E-state index is 0.705. The Morgan fingerprint density at radius 2 is 2.19 bits per heavy atom. The van der Waals surface area contributed by atoms with Crippen LogP contribution in [0.1, 0.15) is 18.9 Å². The normalized spacial score (nSPS) is 10.6. The van der Waals surface area contributed by atoms with Crippen molar-refractivity contribution in [3.8, 4) is 11.3 Å². The molecule has 0 amide bonds. The first-order valence-electron chi connectivity index (χ1n) is 5.45. The second kappa shape index (κ2) is 4.35. The molecule has 0 spiro atoms. The number of rotatable bonds is 3. The maximum Gasteiger partial charge on any atom is 0.0962 e. The van der Waals surface area contributed by atoms with E-state index < -0.39 is 0 Å². The van der Waals surface area contributed by atoms with E-state index in [1.807, 2.05) is 36.3 Å². The largest absolute Gasteiger partial charge is 0.397 e. The zero-order valence-corrected chi connectivity index (χ0v) is 9.64. The molecule has 0 radical (unpaired) electrons. The van der Waals surface area contributed by atoms with Crippen molar-refractivity contribution in [2.75, 3.05) is 5.73 Å². The van der Waals surface area contributed by atoms with Gasteiger partial charge in [0.05, 0.1) is 17.6 Å². The average Bonchev–Trinajstić information content (AvgIpc) is 2.67. The zero-order chi connectivity index (χ0) is 11.5. The molecule has 0 fully saturated rings. The van der Waals surface area contributed by atoms with E-state index in [1.54, 1.807) is 0 Å². The van der Waals surface area contributed by atoms with Crippen LogP contribution < -0.4 is 5.73 Å². The van der Waals surface area contributed by atoms with Crippen molar-refractivity contribution < 1.29 is 0 Å². The third-order valence-corrected chi connectivity index (χ3v) is 2.41. The number of nitrogens with zero attached hydrogens (tertiary/aromatic N) is 3. The van der Waals surface area contributed by atoms with Gasteiger partial charge in [0.1, 0.15) is 0 Å². The highest BCUT2D eigenvalue weighted by Gasteiger charge is 2.06. The van der Waals surface area contributed by atoms with E-state index in [1.165, 1.54) is 0 Å². The third kappa shape index (κ3) is 2.05. The minimum absolute atomic E-state index is 0.705. The molecule has 2 rings (SSSR count). The van der Waals surface area contributed by atoms with Gasteiger partial charge in [-0.2, -0.15) is 5.10 Å². The van der Waals surface area contributed by atoms with Crippen molar-refractivity contribution >= 4 is 5.69 Å². The van der Waals surface area contributed by atoms with Crippen molar-refractivity contribution in [1.82, 2.24) is 14.8 Å². The van der Waals surface area contributed by atoms with Gasteiger partial charge in [0.25, 0.3) is 0 Å². The maximum atomic E-state index is 5.94. The summed E-state index contributed by atoms with van der Waals surface area (Å²) in [4.78, 5) is 4.34. The van der Waals surface area contributed by atoms with Gasteiger partial charge in [-0.25, -0.2) is 0 Å². The van der Waals surface area contributed by atoms with Gasteiger partial charge in [0.15, 0.2) is 0 Å². The van der Waals surface area contributed by atoms with Crippen LogP contribution in [0.4, 0.5) is 5.69 Å². The van der Waals surface area contributed by atoms with Crippen LogP contribution in [0.15, 0.2) is 24.7 Å². The molecule has 0 saturated carbocycles. The maximum absolute atomic E-state index is 5.94. The molecule has 2 aromatic rings. The Hall–Kier alpha value is -1.84. The van der Waals surface area contributed by atoms with Crippen molar-refractivity contribution in [3.63, 3.8) is 0 Å². The van der Waals surface area contributed by atoms with Crippen LogP contribution in [0.5, 0.6) is 0 Å². The summed E-state index contributed by atoms with van der Waals surface area (Å²) >= 11 is 0. The second-order valence-electron chi connectivity index (χ2n) is 3.94. The van der Waals surface area contributed by atoms with Crippen LogP contribution in [0, 0.1) is 6.92 Å². The molecule has 2 aromatic heterocycles. The van der Waals surface area contributed by atoms with E-state index in [9.17, 15) is 0 Å². The van der Waals surface area contributed by atoms with Crippen LogP contribution in [-0.2, 0) is 6.54 Å². The lowest BCUT2D eigenvalue weighted by Crippen LogP contribution is -1.96. The summed E-state index contributed by atoms with van der Waals surface area (Å²) in [6.07, 6.45) is 6.68. The highest BCUT2D eigenvalue weighted by molar-refractivity contribution is 5.71. The number of aromatic nitrogens is 3. The van der Waals surface area contributed by atoms with E-state index in [0.717, 1.165) is 29.8 Å². The minimum Gasteiger partial charge on any atom is -0.397 e.